The predicted octanol–water partition coefficient (Wildman–Crippen LogP) is 3.18. The monoisotopic (exact) mass is 314 g/mol. The highest BCUT2D eigenvalue weighted by Gasteiger charge is 2.27. The molecule has 1 aliphatic heterocycles. The number of carbonyl (C=O) groups excluding carboxylic acids is 1. The second-order valence-electron chi connectivity index (χ2n) is 5.77. The maximum atomic E-state index is 13.5. The van der Waals surface area contributed by atoms with Crippen LogP contribution in [0.2, 0.25) is 0 Å². The van der Waals surface area contributed by atoms with Crippen molar-refractivity contribution < 1.29 is 13.9 Å². The Morgan fingerprint density at radius 1 is 1.30 bits per heavy atom. The molecular formula is C18H19FN2O2. The third kappa shape index (κ3) is 3.74. The minimum absolute atomic E-state index is 0.0583. The molecule has 23 heavy (non-hydrogen) atoms. The van der Waals surface area contributed by atoms with Gasteiger partial charge in [-0.2, -0.15) is 0 Å². The zero-order chi connectivity index (χ0) is 16.2. The molecule has 120 valence electrons. The number of nitrogens with one attached hydrogen (secondary N) is 1. The summed E-state index contributed by atoms with van der Waals surface area (Å²) in [7, 11) is 0. The van der Waals surface area contributed by atoms with Crippen LogP contribution in [0.25, 0.3) is 0 Å². The van der Waals surface area contributed by atoms with Gasteiger partial charge in [0, 0.05) is 23.9 Å². The van der Waals surface area contributed by atoms with Crippen molar-refractivity contribution in [3.05, 3.63) is 59.5 Å². The van der Waals surface area contributed by atoms with Gasteiger partial charge in [0.2, 0.25) is 5.88 Å². The highest BCUT2D eigenvalue weighted by molar-refractivity contribution is 5.81. The number of Topliss-reactive ketones (excluding diaryl/α,β-unsaturated/α-hetero) is 1. The fraction of sp³-hybridized carbons (Fsp3) is 0.333. The van der Waals surface area contributed by atoms with E-state index < -0.39 is 0 Å². The Morgan fingerprint density at radius 3 is 2.78 bits per heavy atom. The van der Waals surface area contributed by atoms with E-state index in [9.17, 15) is 9.18 Å². The van der Waals surface area contributed by atoms with Gasteiger partial charge in [-0.1, -0.05) is 24.3 Å². The van der Waals surface area contributed by atoms with E-state index in [4.69, 9.17) is 4.74 Å². The van der Waals surface area contributed by atoms with Gasteiger partial charge >= 0.3 is 0 Å². The summed E-state index contributed by atoms with van der Waals surface area (Å²) < 4.78 is 19.1. The van der Waals surface area contributed by atoms with Gasteiger partial charge in [0.1, 0.15) is 18.2 Å². The van der Waals surface area contributed by atoms with Crippen LogP contribution in [0.3, 0.4) is 0 Å². The van der Waals surface area contributed by atoms with Gasteiger partial charge in [0.15, 0.2) is 0 Å². The molecule has 5 heteroatoms. The third-order valence-corrected chi connectivity index (χ3v) is 4.13. The molecule has 1 aromatic heterocycles. The summed E-state index contributed by atoms with van der Waals surface area (Å²) >= 11 is 0. The molecular weight excluding hydrogens is 295 g/mol. The number of hydrogen-bond acceptors (Lipinski definition) is 4. The molecule has 1 saturated heterocycles. The molecule has 2 atom stereocenters. The molecule has 3 rings (SSSR count). The first kappa shape index (κ1) is 15.6. The van der Waals surface area contributed by atoms with Crippen molar-refractivity contribution in [2.24, 2.45) is 0 Å². The van der Waals surface area contributed by atoms with Crippen molar-refractivity contribution in [2.75, 3.05) is 0 Å². The zero-order valence-corrected chi connectivity index (χ0v) is 13.0. The van der Waals surface area contributed by atoms with Gasteiger partial charge < -0.3 is 10.1 Å². The molecule has 2 unspecified atom stereocenters. The third-order valence-electron chi connectivity index (χ3n) is 4.13. The summed E-state index contributed by atoms with van der Waals surface area (Å²) in [6.45, 7) is 1.76. The Kier molecular flexibility index (Phi) is 4.67. The first-order chi connectivity index (χ1) is 11.1. The number of nitrogens with zero attached hydrogens (tertiary/aromatic N) is 1. The minimum Gasteiger partial charge on any atom is -0.473 e. The summed E-state index contributed by atoms with van der Waals surface area (Å²) in [4.78, 5) is 15.7. The van der Waals surface area contributed by atoms with Crippen LogP contribution in [0.5, 0.6) is 5.88 Å². The maximum Gasteiger partial charge on any atom is 0.213 e. The maximum absolute atomic E-state index is 13.5. The van der Waals surface area contributed by atoms with E-state index in [0.717, 1.165) is 18.4 Å². The van der Waals surface area contributed by atoms with Crippen LogP contribution in [0.4, 0.5) is 4.39 Å². The average molecular weight is 314 g/mol. The number of carbonyl (C=O) groups is 1. The number of ether oxygens (including phenoxy) is 1. The quantitative estimate of drug-likeness (QED) is 0.921. The largest absolute Gasteiger partial charge is 0.473 e. The highest BCUT2D eigenvalue weighted by Crippen LogP contribution is 2.27. The molecule has 1 N–H and O–H groups in total. The standard InChI is InChI=1S/C18H19FN2O2/c1-12(22)16-7-8-17(21-16)13-6-9-18(20-10-13)23-11-14-4-2-3-5-15(14)19/h2-6,9-10,16-17,21H,7-8,11H2,1H3. The molecule has 0 amide bonds. The summed E-state index contributed by atoms with van der Waals surface area (Å²) in [5.41, 5.74) is 1.53. The van der Waals surface area contributed by atoms with E-state index in [1.807, 2.05) is 6.07 Å². The smallest absolute Gasteiger partial charge is 0.213 e. The van der Waals surface area contributed by atoms with E-state index in [1.54, 1.807) is 37.4 Å². The van der Waals surface area contributed by atoms with Crippen LogP contribution in [0.15, 0.2) is 42.6 Å². The predicted molar refractivity (Wildman–Crippen MR) is 84.5 cm³/mol. The second kappa shape index (κ2) is 6.87. The molecule has 0 saturated carbocycles. The SMILES string of the molecule is CC(=O)C1CCC(c2ccc(OCc3ccccc3F)nc2)N1. The van der Waals surface area contributed by atoms with Crippen molar-refractivity contribution in [1.82, 2.24) is 10.3 Å². The Morgan fingerprint density at radius 2 is 2.13 bits per heavy atom. The summed E-state index contributed by atoms with van der Waals surface area (Å²) in [5.74, 6) is 0.345. The fourth-order valence-corrected chi connectivity index (χ4v) is 2.78. The average Bonchev–Trinajstić information content (AvgIpc) is 3.05. The van der Waals surface area contributed by atoms with Crippen molar-refractivity contribution in [3.8, 4) is 5.88 Å². The number of aromatic nitrogens is 1. The molecule has 1 aliphatic rings. The zero-order valence-electron chi connectivity index (χ0n) is 13.0. The van der Waals surface area contributed by atoms with Crippen LogP contribution in [-0.4, -0.2) is 16.8 Å². The molecule has 0 spiro atoms. The lowest BCUT2D eigenvalue weighted by Crippen LogP contribution is -2.30. The van der Waals surface area contributed by atoms with Crippen molar-refractivity contribution in [1.29, 1.82) is 0 Å². The van der Waals surface area contributed by atoms with E-state index >= 15 is 0 Å². The second-order valence-corrected chi connectivity index (χ2v) is 5.77. The number of benzene rings is 1. The number of hydrogen-bond donors (Lipinski definition) is 1. The lowest BCUT2D eigenvalue weighted by molar-refractivity contribution is -0.118. The van der Waals surface area contributed by atoms with Crippen LogP contribution >= 0.6 is 0 Å². The van der Waals surface area contributed by atoms with Gasteiger partial charge in [-0.25, -0.2) is 9.37 Å². The Bertz CT molecular complexity index is 688. The van der Waals surface area contributed by atoms with Crippen LogP contribution in [0.1, 0.15) is 36.9 Å². The molecule has 4 nitrogen and oxygen atoms in total. The number of rotatable bonds is 5. The van der Waals surface area contributed by atoms with Gasteiger partial charge in [0.25, 0.3) is 0 Å². The number of pyridine rings is 1. The number of halogens is 1. The highest BCUT2D eigenvalue weighted by atomic mass is 19.1. The summed E-state index contributed by atoms with van der Waals surface area (Å²) in [6, 6.07) is 10.3. The Hall–Kier alpha value is -2.27. The van der Waals surface area contributed by atoms with Crippen LogP contribution in [0, 0.1) is 5.82 Å². The van der Waals surface area contributed by atoms with Crippen molar-refractivity contribution in [2.45, 2.75) is 38.5 Å². The molecule has 0 radical (unpaired) electrons. The lowest BCUT2D eigenvalue weighted by Gasteiger charge is -2.13. The molecule has 0 aliphatic carbocycles. The van der Waals surface area contributed by atoms with Crippen LogP contribution < -0.4 is 10.1 Å². The molecule has 1 aromatic carbocycles. The van der Waals surface area contributed by atoms with Crippen molar-refractivity contribution in [3.63, 3.8) is 0 Å². The topological polar surface area (TPSA) is 51.2 Å². The molecule has 1 fully saturated rings. The van der Waals surface area contributed by atoms with Crippen LogP contribution in [-0.2, 0) is 11.4 Å². The first-order valence-electron chi connectivity index (χ1n) is 7.72. The van der Waals surface area contributed by atoms with Crippen molar-refractivity contribution >= 4 is 5.78 Å². The van der Waals surface area contributed by atoms with E-state index in [1.165, 1.54) is 6.07 Å². The van der Waals surface area contributed by atoms with Gasteiger partial charge in [-0.15, -0.1) is 0 Å². The Balaban J connectivity index is 1.59. The first-order valence-corrected chi connectivity index (χ1v) is 7.72. The van der Waals surface area contributed by atoms with E-state index in [0.29, 0.717) is 11.4 Å². The minimum atomic E-state index is -0.283. The lowest BCUT2D eigenvalue weighted by atomic mass is 10.1. The Labute approximate surface area is 134 Å². The van der Waals surface area contributed by atoms with Gasteiger partial charge in [-0.05, 0) is 31.4 Å². The van der Waals surface area contributed by atoms with Gasteiger partial charge in [0.05, 0.1) is 6.04 Å². The molecule has 2 aromatic rings. The number of ketones is 1. The van der Waals surface area contributed by atoms with Gasteiger partial charge in [-0.3, -0.25) is 4.79 Å². The normalized spacial score (nSPS) is 20.4. The molecule has 2 heterocycles. The fourth-order valence-electron chi connectivity index (χ4n) is 2.78. The molecule has 0 bridgehead atoms. The summed E-state index contributed by atoms with van der Waals surface area (Å²) in [6.07, 6.45) is 3.52. The van der Waals surface area contributed by atoms with E-state index in [-0.39, 0.29) is 30.3 Å². The van der Waals surface area contributed by atoms with E-state index in [2.05, 4.69) is 10.3 Å². The summed E-state index contributed by atoms with van der Waals surface area (Å²) in [5, 5.41) is 3.31.